The van der Waals surface area contributed by atoms with Crippen LogP contribution in [0.3, 0.4) is 0 Å². The monoisotopic (exact) mass is 560 g/mol. The molecule has 0 aliphatic carbocycles. The number of ether oxygens (including phenoxy) is 1. The topological polar surface area (TPSA) is 138 Å². The van der Waals surface area contributed by atoms with Gasteiger partial charge in [0.25, 0.3) is 5.91 Å². The first kappa shape index (κ1) is 29.0. The lowest BCUT2D eigenvalue weighted by atomic mass is 9.84. The number of hydrogen-bond donors (Lipinski definition) is 5. The highest BCUT2D eigenvalue weighted by atomic mass is 32.2. The second-order valence-electron chi connectivity index (χ2n) is 10.5. The number of hydrogen-bond acceptors (Lipinski definition) is 6. The predicted octanol–water partition coefficient (Wildman–Crippen LogP) is 6.56. The molecule has 40 heavy (non-hydrogen) atoms. The Morgan fingerprint density at radius 3 is 2.48 bits per heavy atom. The van der Waals surface area contributed by atoms with E-state index < -0.39 is 5.60 Å². The van der Waals surface area contributed by atoms with E-state index in [1.807, 2.05) is 45.0 Å². The number of benzene rings is 3. The molecule has 0 fully saturated rings. The van der Waals surface area contributed by atoms with Gasteiger partial charge >= 0.3 is 0 Å². The van der Waals surface area contributed by atoms with Gasteiger partial charge in [-0.15, -0.1) is 11.8 Å². The third-order valence-corrected chi connectivity index (χ3v) is 8.36. The molecule has 1 aliphatic heterocycles. The molecule has 8 nitrogen and oxygen atoms in total. The maximum atomic E-state index is 13.0. The van der Waals surface area contributed by atoms with Crippen LogP contribution in [0.4, 0.5) is 11.4 Å². The fraction of sp³-hybridized carbons (Fsp3) is 0.323. The van der Waals surface area contributed by atoms with Crippen LogP contribution in [0.15, 0.2) is 53.4 Å². The zero-order valence-electron chi connectivity index (χ0n) is 23.3. The summed E-state index contributed by atoms with van der Waals surface area (Å²) in [6, 6.07) is 14.5. The average molecular weight is 561 g/mol. The number of amides is 1. The fourth-order valence-corrected chi connectivity index (χ4v) is 5.85. The number of phenolic OH excluding ortho intramolecular Hbond substituents is 1. The van der Waals surface area contributed by atoms with Crippen molar-refractivity contribution in [2.75, 3.05) is 16.4 Å². The molecule has 1 heterocycles. The van der Waals surface area contributed by atoms with Crippen LogP contribution in [0, 0.1) is 26.2 Å². The van der Waals surface area contributed by atoms with Crippen LogP contribution >= 0.6 is 11.8 Å². The number of carbonyl (C=O) groups excluding carboxylic acids is 2. The normalized spacial score (nSPS) is 16.1. The molecule has 1 aliphatic rings. The summed E-state index contributed by atoms with van der Waals surface area (Å²) in [5.74, 6) is 1.32. The largest absolute Gasteiger partial charge is 0.507 e. The van der Waals surface area contributed by atoms with Crippen molar-refractivity contribution in [1.82, 2.24) is 0 Å². The Morgan fingerprint density at radius 1 is 1.05 bits per heavy atom. The van der Waals surface area contributed by atoms with Gasteiger partial charge in [-0.25, -0.2) is 0 Å². The smallest absolute Gasteiger partial charge is 0.255 e. The van der Waals surface area contributed by atoms with E-state index >= 15 is 0 Å². The number of nitrogens with two attached hydrogens (primary N) is 1. The van der Waals surface area contributed by atoms with Gasteiger partial charge in [0.1, 0.15) is 17.1 Å². The third-order valence-electron chi connectivity index (χ3n) is 7.26. The molecule has 3 aromatic carbocycles. The van der Waals surface area contributed by atoms with Crippen LogP contribution < -0.4 is 21.1 Å². The van der Waals surface area contributed by atoms with Crippen molar-refractivity contribution in [2.45, 2.75) is 63.9 Å². The van der Waals surface area contributed by atoms with Crippen molar-refractivity contribution in [3.63, 3.8) is 0 Å². The van der Waals surface area contributed by atoms with Gasteiger partial charge in [-0.1, -0.05) is 6.07 Å². The lowest BCUT2D eigenvalue weighted by Gasteiger charge is -2.37. The third kappa shape index (κ3) is 6.59. The summed E-state index contributed by atoms with van der Waals surface area (Å²) < 4.78 is 6.41. The number of anilines is 2. The molecule has 9 heteroatoms. The fourth-order valence-electron chi connectivity index (χ4n) is 4.94. The van der Waals surface area contributed by atoms with Crippen LogP contribution in [-0.4, -0.2) is 34.1 Å². The van der Waals surface area contributed by atoms with E-state index in [1.165, 1.54) is 0 Å². The molecule has 1 unspecified atom stereocenters. The zero-order chi connectivity index (χ0) is 29.0. The molecule has 6 N–H and O–H groups in total. The van der Waals surface area contributed by atoms with Gasteiger partial charge < -0.3 is 26.2 Å². The van der Waals surface area contributed by atoms with Gasteiger partial charge in [0.15, 0.2) is 11.7 Å². The summed E-state index contributed by atoms with van der Waals surface area (Å²) in [4.78, 5) is 26.7. The van der Waals surface area contributed by atoms with E-state index in [4.69, 9.17) is 15.9 Å². The van der Waals surface area contributed by atoms with Gasteiger partial charge in [-0.3, -0.25) is 15.0 Å². The van der Waals surface area contributed by atoms with Gasteiger partial charge in [0.2, 0.25) is 0 Å². The lowest BCUT2D eigenvalue weighted by Crippen LogP contribution is -2.40. The van der Waals surface area contributed by atoms with Crippen molar-refractivity contribution in [2.24, 2.45) is 5.73 Å². The first-order chi connectivity index (χ1) is 19.0. The van der Waals surface area contributed by atoms with Crippen LogP contribution in [0.1, 0.15) is 70.0 Å². The zero-order valence-corrected chi connectivity index (χ0v) is 24.1. The number of unbranched alkanes of at least 4 members (excludes halogenated alkanes) is 1. The highest BCUT2D eigenvalue weighted by molar-refractivity contribution is 7.99. The number of rotatable bonds is 9. The van der Waals surface area contributed by atoms with Crippen LogP contribution in [0.2, 0.25) is 0 Å². The molecule has 1 amide bonds. The maximum Gasteiger partial charge on any atom is 0.255 e. The minimum absolute atomic E-state index is 0.0293. The summed E-state index contributed by atoms with van der Waals surface area (Å²) in [6.45, 7) is 7.52. The van der Waals surface area contributed by atoms with Crippen molar-refractivity contribution in [3.05, 3.63) is 76.3 Å². The summed E-state index contributed by atoms with van der Waals surface area (Å²) >= 11 is 1.75. The Hall–Kier alpha value is -3.98. The Morgan fingerprint density at radius 2 is 1.77 bits per heavy atom. The highest BCUT2D eigenvalue weighted by Crippen LogP contribution is 2.44. The number of phenols is 1. The standard InChI is InChI=1S/C31H36N4O4S/c1-18-19(2)28-26(20(3)27(18)37)25(36)17-31(4,39-28)14-5-6-15-40-24-12-10-22(11-13-24)34-29(38)21-8-7-9-23(16-21)35-30(32)33/h7-13,16,37H,5-6,14-15,17H2,1-4H3,(H,34,38)(H4,32,33,35). The second kappa shape index (κ2) is 12.0. The van der Waals surface area contributed by atoms with Crippen molar-refractivity contribution in [3.8, 4) is 11.5 Å². The minimum Gasteiger partial charge on any atom is -0.507 e. The number of nitrogens with one attached hydrogen (secondary N) is 3. The Labute approximate surface area is 239 Å². The molecule has 0 bridgehead atoms. The van der Waals surface area contributed by atoms with Gasteiger partial charge in [-0.05, 0) is 106 Å². The van der Waals surface area contributed by atoms with Gasteiger partial charge in [0.05, 0.1) is 12.0 Å². The number of aromatic hydroxyl groups is 1. The van der Waals surface area contributed by atoms with E-state index in [0.717, 1.165) is 41.0 Å². The molecule has 3 aromatic rings. The Balaban J connectivity index is 1.25. The molecule has 4 rings (SSSR count). The second-order valence-corrected chi connectivity index (χ2v) is 11.7. The summed E-state index contributed by atoms with van der Waals surface area (Å²) in [5.41, 5.74) is 9.24. The van der Waals surface area contributed by atoms with E-state index in [1.54, 1.807) is 43.0 Å². The minimum atomic E-state index is -0.559. The van der Waals surface area contributed by atoms with Crippen LogP contribution in [-0.2, 0) is 0 Å². The van der Waals surface area contributed by atoms with E-state index in [9.17, 15) is 14.7 Å². The first-order valence-electron chi connectivity index (χ1n) is 13.3. The molecular formula is C31H36N4O4S. The molecule has 0 saturated carbocycles. The molecule has 210 valence electrons. The van der Waals surface area contributed by atoms with Crippen molar-refractivity contribution >= 4 is 40.8 Å². The predicted molar refractivity (Wildman–Crippen MR) is 161 cm³/mol. The van der Waals surface area contributed by atoms with Crippen LogP contribution in [0.25, 0.3) is 0 Å². The molecule has 0 radical (unpaired) electrons. The average Bonchev–Trinajstić information content (AvgIpc) is 2.91. The van der Waals surface area contributed by atoms with E-state index in [-0.39, 0.29) is 23.4 Å². The summed E-state index contributed by atoms with van der Waals surface area (Å²) in [5, 5.41) is 23.3. The summed E-state index contributed by atoms with van der Waals surface area (Å²) in [6.07, 6.45) is 2.97. The highest BCUT2D eigenvalue weighted by Gasteiger charge is 2.39. The van der Waals surface area contributed by atoms with E-state index in [0.29, 0.717) is 40.2 Å². The van der Waals surface area contributed by atoms with Gasteiger partial charge in [0, 0.05) is 27.4 Å². The van der Waals surface area contributed by atoms with Crippen LogP contribution in [0.5, 0.6) is 11.5 Å². The number of carbonyl (C=O) groups is 2. The molecule has 0 aromatic heterocycles. The number of Topliss-reactive ketones (excluding diaryl/α,β-unsaturated/α-hetero) is 1. The van der Waals surface area contributed by atoms with Crippen molar-refractivity contribution in [1.29, 1.82) is 5.41 Å². The quantitative estimate of drug-likeness (QED) is 0.0864. The Kier molecular flexibility index (Phi) is 8.73. The lowest BCUT2D eigenvalue weighted by molar-refractivity contribution is 0.0447. The van der Waals surface area contributed by atoms with Crippen molar-refractivity contribution < 1.29 is 19.4 Å². The number of fused-ring (bicyclic) bond motifs is 1. The number of ketones is 1. The SMILES string of the molecule is Cc1c(C)c2c(c(C)c1O)C(=O)CC(C)(CCCCSc1ccc(NC(=O)c3cccc(NC(=N)N)c3)cc1)O2. The molecule has 0 saturated heterocycles. The maximum absolute atomic E-state index is 13.0. The molecule has 1 atom stereocenters. The molecular weight excluding hydrogens is 524 g/mol. The first-order valence-corrected chi connectivity index (χ1v) is 14.3. The summed E-state index contributed by atoms with van der Waals surface area (Å²) in [7, 11) is 0. The van der Waals surface area contributed by atoms with E-state index in [2.05, 4.69) is 10.6 Å². The number of guanidine groups is 1. The van der Waals surface area contributed by atoms with Gasteiger partial charge in [-0.2, -0.15) is 0 Å². The molecule has 0 spiro atoms. The number of thioether (sulfide) groups is 1. The Bertz CT molecular complexity index is 1450.